The van der Waals surface area contributed by atoms with Crippen molar-refractivity contribution < 1.29 is 14.6 Å². The van der Waals surface area contributed by atoms with Crippen molar-refractivity contribution >= 4 is 17.7 Å². The van der Waals surface area contributed by atoms with Crippen LogP contribution in [0.3, 0.4) is 0 Å². The maximum Gasteiger partial charge on any atom is 0.313 e. The van der Waals surface area contributed by atoms with E-state index in [-0.39, 0.29) is 11.8 Å². The van der Waals surface area contributed by atoms with Crippen molar-refractivity contribution in [1.82, 2.24) is 20.2 Å². The van der Waals surface area contributed by atoms with E-state index in [1.807, 2.05) is 0 Å². The van der Waals surface area contributed by atoms with Gasteiger partial charge in [0.2, 0.25) is 5.16 Å². The molecule has 1 atom stereocenters. The molecule has 1 aromatic rings. The topological polar surface area (TPSA) is 90.1 Å². The summed E-state index contributed by atoms with van der Waals surface area (Å²) in [7, 11) is 0. The molecule has 1 fully saturated rings. The van der Waals surface area contributed by atoms with Gasteiger partial charge in [0.25, 0.3) is 0 Å². The lowest BCUT2D eigenvalue weighted by atomic mass is 10.1. The Morgan fingerprint density at radius 1 is 1.69 bits per heavy atom. The number of hydrogen-bond donors (Lipinski definition) is 1. The number of aliphatic carboxylic acids is 1. The van der Waals surface area contributed by atoms with Crippen LogP contribution < -0.4 is 0 Å². The highest BCUT2D eigenvalue weighted by Crippen LogP contribution is 2.23. The molecule has 2 heterocycles. The van der Waals surface area contributed by atoms with Gasteiger partial charge in [-0.3, -0.25) is 4.79 Å². The molecule has 2 rings (SSSR count). The molecule has 0 spiro atoms. The fourth-order valence-corrected chi connectivity index (χ4v) is 2.22. The number of carboxylic acids is 1. The average Bonchev–Trinajstić information content (AvgIpc) is 2.75. The third-order valence-corrected chi connectivity index (χ3v) is 3.19. The molecule has 88 valence electrons. The molecule has 0 aromatic carbocycles. The molecule has 0 bridgehead atoms. The van der Waals surface area contributed by atoms with Gasteiger partial charge in [0.1, 0.15) is 0 Å². The number of tetrazole rings is 1. The molecule has 0 aliphatic carbocycles. The largest absolute Gasteiger partial charge is 0.481 e. The summed E-state index contributed by atoms with van der Waals surface area (Å²) in [5.41, 5.74) is 0. The van der Waals surface area contributed by atoms with Crippen molar-refractivity contribution in [1.29, 1.82) is 0 Å². The van der Waals surface area contributed by atoms with Gasteiger partial charge in [-0.2, -0.15) is 0 Å². The molecular weight excluding hydrogens is 232 g/mol. The fourth-order valence-electron chi connectivity index (χ4n) is 1.55. The van der Waals surface area contributed by atoms with Gasteiger partial charge in [0, 0.05) is 6.61 Å². The maximum atomic E-state index is 10.5. The van der Waals surface area contributed by atoms with Crippen LogP contribution in [0.4, 0.5) is 0 Å². The Balaban J connectivity index is 2.02. The van der Waals surface area contributed by atoms with Crippen molar-refractivity contribution in [3.8, 4) is 0 Å². The van der Waals surface area contributed by atoms with E-state index in [0.29, 0.717) is 11.8 Å². The number of carbonyl (C=O) groups is 1. The second kappa shape index (κ2) is 5.26. The molecule has 1 aliphatic rings. The molecule has 0 saturated carbocycles. The smallest absolute Gasteiger partial charge is 0.313 e. The normalized spacial score (nSPS) is 20.9. The summed E-state index contributed by atoms with van der Waals surface area (Å²) in [6, 6.07) is 0.125. The second-order valence-electron chi connectivity index (χ2n) is 3.46. The summed E-state index contributed by atoms with van der Waals surface area (Å²) in [5, 5.41) is 20.4. The molecule has 1 aromatic heterocycles. The Morgan fingerprint density at radius 2 is 2.56 bits per heavy atom. The standard InChI is InChI=1S/C8H12N4O3S/c13-7(14)5-16-8-9-10-11-12(8)6-2-1-3-15-4-6/h6H,1-5H2,(H,13,14). The van der Waals surface area contributed by atoms with Gasteiger partial charge >= 0.3 is 5.97 Å². The second-order valence-corrected chi connectivity index (χ2v) is 4.40. The number of nitrogens with zero attached hydrogens (tertiary/aromatic N) is 4. The van der Waals surface area contributed by atoms with Crippen LogP contribution in [0.25, 0.3) is 0 Å². The van der Waals surface area contributed by atoms with Crippen LogP contribution in [0.15, 0.2) is 5.16 Å². The van der Waals surface area contributed by atoms with Crippen LogP contribution in [-0.4, -0.2) is 50.2 Å². The third-order valence-electron chi connectivity index (χ3n) is 2.27. The van der Waals surface area contributed by atoms with Gasteiger partial charge in [0.05, 0.1) is 18.4 Å². The summed E-state index contributed by atoms with van der Waals surface area (Å²) in [5.74, 6) is -0.909. The first kappa shape index (κ1) is 11.3. The first-order chi connectivity index (χ1) is 7.77. The predicted molar refractivity (Wildman–Crippen MR) is 55.3 cm³/mol. The van der Waals surface area contributed by atoms with Crippen LogP contribution in [0, 0.1) is 0 Å². The zero-order valence-electron chi connectivity index (χ0n) is 8.57. The molecule has 1 unspecified atom stereocenters. The van der Waals surface area contributed by atoms with Gasteiger partial charge in [-0.05, 0) is 23.3 Å². The quantitative estimate of drug-likeness (QED) is 0.756. The summed E-state index contributed by atoms with van der Waals surface area (Å²) in [6.07, 6.45) is 1.94. The Labute approximate surface area is 96.2 Å². The van der Waals surface area contributed by atoms with Crippen LogP contribution in [0.2, 0.25) is 0 Å². The third kappa shape index (κ3) is 2.70. The lowest BCUT2D eigenvalue weighted by Gasteiger charge is -2.22. The lowest BCUT2D eigenvalue weighted by molar-refractivity contribution is -0.133. The highest BCUT2D eigenvalue weighted by atomic mass is 32.2. The SMILES string of the molecule is O=C(O)CSc1nnnn1C1CCCOC1. The first-order valence-corrected chi connectivity index (χ1v) is 5.96. The van der Waals surface area contributed by atoms with E-state index in [1.165, 1.54) is 0 Å². The highest BCUT2D eigenvalue weighted by molar-refractivity contribution is 7.99. The average molecular weight is 244 g/mol. The van der Waals surface area contributed by atoms with E-state index < -0.39 is 5.97 Å². The zero-order valence-corrected chi connectivity index (χ0v) is 9.39. The summed E-state index contributed by atoms with van der Waals surface area (Å²) in [6.45, 7) is 1.36. The fraction of sp³-hybridized carbons (Fsp3) is 0.750. The van der Waals surface area contributed by atoms with Gasteiger partial charge in [0.15, 0.2) is 0 Å². The van der Waals surface area contributed by atoms with E-state index in [1.54, 1.807) is 4.68 Å². The molecule has 1 saturated heterocycles. The van der Waals surface area contributed by atoms with E-state index in [2.05, 4.69) is 15.5 Å². The zero-order chi connectivity index (χ0) is 11.4. The molecule has 0 amide bonds. The van der Waals surface area contributed by atoms with Crippen LogP contribution >= 0.6 is 11.8 Å². The minimum atomic E-state index is -0.876. The summed E-state index contributed by atoms with van der Waals surface area (Å²) >= 11 is 1.13. The Kier molecular flexibility index (Phi) is 3.73. The van der Waals surface area contributed by atoms with Gasteiger partial charge in [-0.1, -0.05) is 11.8 Å². The number of ether oxygens (including phenoxy) is 1. The number of carboxylic acid groups (broad SMARTS) is 1. The molecule has 7 nitrogen and oxygen atoms in total. The molecule has 1 aliphatic heterocycles. The summed E-state index contributed by atoms with van der Waals surface area (Å²) < 4.78 is 7.00. The molecule has 8 heteroatoms. The van der Waals surface area contributed by atoms with Crippen LogP contribution in [-0.2, 0) is 9.53 Å². The molecule has 0 radical (unpaired) electrons. The Hall–Kier alpha value is -1.15. The van der Waals surface area contributed by atoms with Crippen molar-refractivity contribution in [3.63, 3.8) is 0 Å². The molecular formula is C8H12N4O3S. The van der Waals surface area contributed by atoms with Crippen LogP contribution in [0.5, 0.6) is 0 Å². The van der Waals surface area contributed by atoms with E-state index in [9.17, 15) is 4.79 Å². The minimum Gasteiger partial charge on any atom is -0.481 e. The van der Waals surface area contributed by atoms with Crippen molar-refractivity contribution in [3.05, 3.63) is 0 Å². The molecule has 16 heavy (non-hydrogen) atoms. The van der Waals surface area contributed by atoms with E-state index >= 15 is 0 Å². The Bertz CT molecular complexity index is 364. The highest BCUT2D eigenvalue weighted by Gasteiger charge is 2.21. The van der Waals surface area contributed by atoms with Crippen molar-refractivity contribution in [2.45, 2.75) is 24.0 Å². The number of aromatic nitrogens is 4. The van der Waals surface area contributed by atoms with Crippen molar-refractivity contribution in [2.75, 3.05) is 19.0 Å². The van der Waals surface area contributed by atoms with Gasteiger partial charge < -0.3 is 9.84 Å². The number of hydrogen-bond acceptors (Lipinski definition) is 6. The van der Waals surface area contributed by atoms with Crippen molar-refractivity contribution in [2.24, 2.45) is 0 Å². The van der Waals surface area contributed by atoms with Gasteiger partial charge in [-0.25, -0.2) is 4.68 Å². The lowest BCUT2D eigenvalue weighted by Crippen LogP contribution is -2.23. The maximum absolute atomic E-state index is 10.5. The number of rotatable bonds is 4. The molecule has 1 N–H and O–H groups in total. The van der Waals surface area contributed by atoms with E-state index in [0.717, 1.165) is 31.2 Å². The van der Waals surface area contributed by atoms with Crippen LogP contribution in [0.1, 0.15) is 18.9 Å². The van der Waals surface area contributed by atoms with Gasteiger partial charge in [-0.15, -0.1) is 5.10 Å². The summed E-state index contributed by atoms with van der Waals surface area (Å²) in [4.78, 5) is 10.5. The minimum absolute atomic E-state index is 0.0338. The van der Waals surface area contributed by atoms with E-state index in [4.69, 9.17) is 9.84 Å². The Morgan fingerprint density at radius 3 is 3.25 bits per heavy atom. The monoisotopic (exact) mass is 244 g/mol. The predicted octanol–water partition coefficient (Wildman–Crippen LogP) is 0.201. The number of thioether (sulfide) groups is 1. The first-order valence-electron chi connectivity index (χ1n) is 4.97.